The number of aliphatic carboxylic acids is 1. The molecule has 1 fully saturated rings. The van der Waals surface area contributed by atoms with Crippen LogP contribution in [-0.2, 0) is 14.3 Å². The molecule has 1 N–H and O–H groups in total. The van der Waals surface area contributed by atoms with Crippen LogP contribution >= 0.6 is 0 Å². The van der Waals surface area contributed by atoms with E-state index in [0.29, 0.717) is 19.6 Å². The lowest BCUT2D eigenvalue weighted by Crippen LogP contribution is -2.38. The smallest absolute Gasteiger partial charge is 0.303 e. The van der Waals surface area contributed by atoms with Gasteiger partial charge in [0.2, 0.25) is 5.91 Å². The summed E-state index contributed by atoms with van der Waals surface area (Å²) in [5, 5.41) is 8.60. The zero-order chi connectivity index (χ0) is 12.1. The van der Waals surface area contributed by atoms with Crippen LogP contribution in [0.5, 0.6) is 0 Å². The van der Waals surface area contributed by atoms with Crippen molar-refractivity contribution in [2.75, 3.05) is 20.3 Å². The van der Waals surface area contributed by atoms with E-state index in [2.05, 4.69) is 0 Å². The Morgan fingerprint density at radius 2 is 2.19 bits per heavy atom. The van der Waals surface area contributed by atoms with Crippen LogP contribution in [0.4, 0.5) is 0 Å². The van der Waals surface area contributed by atoms with Crippen molar-refractivity contribution in [2.24, 2.45) is 5.92 Å². The van der Waals surface area contributed by atoms with E-state index in [1.807, 2.05) is 0 Å². The number of carboxylic acid groups (broad SMARTS) is 1. The number of hydrogen-bond acceptors (Lipinski definition) is 3. The number of rotatable bonds is 5. The maximum atomic E-state index is 11.8. The van der Waals surface area contributed by atoms with Crippen molar-refractivity contribution in [2.45, 2.75) is 32.2 Å². The first-order chi connectivity index (χ1) is 7.50. The van der Waals surface area contributed by atoms with Crippen LogP contribution in [0.2, 0.25) is 0 Å². The molecule has 5 nitrogen and oxygen atoms in total. The molecule has 0 bridgehead atoms. The lowest BCUT2D eigenvalue weighted by Gasteiger charge is -2.24. The van der Waals surface area contributed by atoms with Gasteiger partial charge < -0.3 is 14.7 Å². The molecule has 5 heteroatoms. The Kier molecular flexibility index (Phi) is 4.73. The van der Waals surface area contributed by atoms with Crippen molar-refractivity contribution < 1.29 is 19.4 Å². The molecule has 1 amide bonds. The normalized spacial score (nSPS) is 21.8. The van der Waals surface area contributed by atoms with Gasteiger partial charge >= 0.3 is 5.97 Å². The Labute approximate surface area is 95.4 Å². The molecule has 0 spiro atoms. The first-order valence-corrected chi connectivity index (χ1v) is 5.56. The zero-order valence-electron chi connectivity index (χ0n) is 9.81. The van der Waals surface area contributed by atoms with Gasteiger partial charge in [0.05, 0.1) is 12.6 Å². The average molecular weight is 229 g/mol. The maximum absolute atomic E-state index is 11.8. The van der Waals surface area contributed by atoms with E-state index in [-0.39, 0.29) is 24.3 Å². The molecule has 1 saturated heterocycles. The van der Waals surface area contributed by atoms with Crippen LogP contribution in [0.15, 0.2) is 0 Å². The molecule has 0 radical (unpaired) electrons. The molecule has 1 aliphatic heterocycles. The highest BCUT2D eigenvalue weighted by Gasteiger charge is 2.25. The zero-order valence-corrected chi connectivity index (χ0v) is 9.81. The summed E-state index contributed by atoms with van der Waals surface area (Å²) in [6.45, 7) is 3.08. The van der Waals surface area contributed by atoms with E-state index in [1.54, 1.807) is 18.9 Å². The fourth-order valence-corrected chi connectivity index (χ4v) is 1.84. The third kappa shape index (κ3) is 3.81. The van der Waals surface area contributed by atoms with E-state index in [9.17, 15) is 9.59 Å². The van der Waals surface area contributed by atoms with Gasteiger partial charge in [-0.1, -0.05) is 6.92 Å². The van der Waals surface area contributed by atoms with E-state index >= 15 is 0 Å². The lowest BCUT2D eigenvalue weighted by atomic mass is 10.0. The van der Waals surface area contributed by atoms with Crippen LogP contribution < -0.4 is 0 Å². The molecule has 1 rings (SSSR count). The molecule has 2 unspecified atom stereocenters. The second-order valence-corrected chi connectivity index (χ2v) is 4.43. The lowest BCUT2D eigenvalue weighted by molar-refractivity contribution is -0.138. The minimum Gasteiger partial charge on any atom is -0.481 e. The van der Waals surface area contributed by atoms with E-state index in [0.717, 1.165) is 6.42 Å². The largest absolute Gasteiger partial charge is 0.481 e. The Balaban J connectivity index is 2.35. The van der Waals surface area contributed by atoms with E-state index in [4.69, 9.17) is 9.84 Å². The van der Waals surface area contributed by atoms with Gasteiger partial charge in [0, 0.05) is 26.5 Å². The van der Waals surface area contributed by atoms with Crippen molar-refractivity contribution in [3.8, 4) is 0 Å². The fourth-order valence-electron chi connectivity index (χ4n) is 1.84. The Hall–Kier alpha value is -1.10. The van der Waals surface area contributed by atoms with Crippen molar-refractivity contribution in [3.63, 3.8) is 0 Å². The third-order valence-electron chi connectivity index (χ3n) is 2.89. The van der Waals surface area contributed by atoms with Crippen LogP contribution in [0, 0.1) is 5.92 Å². The van der Waals surface area contributed by atoms with Gasteiger partial charge in [-0.15, -0.1) is 0 Å². The summed E-state index contributed by atoms with van der Waals surface area (Å²) in [6, 6.07) is 0.157. The molecule has 92 valence electrons. The molecule has 0 aliphatic carbocycles. The average Bonchev–Trinajstić information content (AvgIpc) is 2.67. The summed E-state index contributed by atoms with van der Waals surface area (Å²) in [4.78, 5) is 24.0. The predicted octanol–water partition coefficient (Wildman–Crippen LogP) is 0.735. The number of amides is 1. The summed E-state index contributed by atoms with van der Waals surface area (Å²) >= 11 is 0. The van der Waals surface area contributed by atoms with Crippen molar-refractivity contribution in [1.82, 2.24) is 4.90 Å². The van der Waals surface area contributed by atoms with Crippen LogP contribution in [0.1, 0.15) is 26.2 Å². The van der Waals surface area contributed by atoms with Gasteiger partial charge in [0.1, 0.15) is 0 Å². The van der Waals surface area contributed by atoms with E-state index < -0.39 is 5.97 Å². The van der Waals surface area contributed by atoms with Crippen molar-refractivity contribution in [3.05, 3.63) is 0 Å². The molecule has 0 saturated carbocycles. The predicted molar refractivity (Wildman–Crippen MR) is 58.0 cm³/mol. The van der Waals surface area contributed by atoms with Crippen LogP contribution in [-0.4, -0.2) is 48.2 Å². The van der Waals surface area contributed by atoms with Crippen LogP contribution in [0.25, 0.3) is 0 Å². The molecular weight excluding hydrogens is 210 g/mol. The minimum absolute atomic E-state index is 0.00394. The second kappa shape index (κ2) is 5.84. The van der Waals surface area contributed by atoms with Gasteiger partial charge in [-0.2, -0.15) is 0 Å². The van der Waals surface area contributed by atoms with Gasteiger partial charge in [0.15, 0.2) is 0 Å². The number of ether oxygens (including phenoxy) is 1. The van der Waals surface area contributed by atoms with E-state index in [1.165, 1.54) is 0 Å². The number of nitrogens with zero attached hydrogens (tertiary/aromatic N) is 1. The molecule has 1 heterocycles. The summed E-state index contributed by atoms with van der Waals surface area (Å²) in [5.41, 5.74) is 0. The Morgan fingerprint density at radius 1 is 1.50 bits per heavy atom. The molecular formula is C11H19NO4. The first-order valence-electron chi connectivity index (χ1n) is 5.56. The highest BCUT2D eigenvalue weighted by Crippen LogP contribution is 2.15. The van der Waals surface area contributed by atoms with Gasteiger partial charge in [0.25, 0.3) is 0 Å². The Morgan fingerprint density at radius 3 is 2.69 bits per heavy atom. The molecule has 2 atom stereocenters. The summed E-state index contributed by atoms with van der Waals surface area (Å²) in [6.07, 6.45) is 1.20. The van der Waals surface area contributed by atoms with Gasteiger partial charge in [-0.25, -0.2) is 0 Å². The molecule has 1 aliphatic rings. The summed E-state index contributed by atoms with van der Waals surface area (Å²) in [7, 11) is 1.76. The molecule has 16 heavy (non-hydrogen) atoms. The Bertz CT molecular complexity index is 261. The number of carbonyl (C=O) groups excluding carboxylic acids is 1. The van der Waals surface area contributed by atoms with Gasteiger partial charge in [-0.3, -0.25) is 9.59 Å². The quantitative estimate of drug-likeness (QED) is 0.755. The number of hydrogen-bond donors (Lipinski definition) is 1. The second-order valence-electron chi connectivity index (χ2n) is 4.43. The fraction of sp³-hybridized carbons (Fsp3) is 0.818. The minimum atomic E-state index is -0.854. The highest BCUT2D eigenvalue weighted by molar-refractivity contribution is 5.77. The SMILES string of the molecule is CC(CC(=O)O)CC(=O)N(C)C1CCOC1. The number of carboxylic acids is 1. The topological polar surface area (TPSA) is 66.8 Å². The molecule has 0 aromatic rings. The number of likely N-dealkylation sites (N-methyl/N-ethyl adjacent to an activating group) is 1. The van der Waals surface area contributed by atoms with Crippen molar-refractivity contribution >= 4 is 11.9 Å². The molecule has 0 aromatic carbocycles. The molecule has 0 aromatic heterocycles. The highest BCUT2D eigenvalue weighted by atomic mass is 16.5. The van der Waals surface area contributed by atoms with Crippen LogP contribution in [0.3, 0.4) is 0 Å². The van der Waals surface area contributed by atoms with Gasteiger partial charge in [-0.05, 0) is 12.3 Å². The monoisotopic (exact) mass is 229 g/mol. The summed E-state index contributed by atoms with van der Waals surface area (Å²) in [5.74, 6) is -0.967. The standard InChI is InChI=1S/C11H19NO4/c1-8(6-11(14)15)5-10(13)12(2)9-3-4-16-7-9/h8-9H,3-7H2,1-2H3,(H,14,15). The number of carbonyl (C=O) groups is 2. The summed E-state index contributed by atoms with van der Waals surface area (Å²) < 4.78 is 5.21. The maximum Gasteiger partial charge on any atom is 0.303 e. The third-order valence-corrected chi connectivity index (χ3v) is 2.89. The van der Waals surface area contributed by atoms with Crippen molar-refractivity contribution in [1.29, 1.82) is 0 Å². The first kappa shape index (κ1) is 13.0.